The lowest BCUT2D eigenvalue weighted by Gasteiger charge is -2.34. The molecule has 2 aliphatic heterocycles. The van der Waals surface area contributed by atoms with E-state index in [9.17, 15) is 0 Å². The molecule has 7 rings (SSSR count). The van der Waals surface area contributed by atoms with Gasteiger partial charge in [0.05, 0.1) is 21.4 Å². The lowest BCUT2D eigenvalue weighted by molar-refractivity contribution is 0.317. The molecule has 4 nitrogen and oxygen atoms in total. The SMILES string of the molecule is CC(C)(C)c1ccc(C2(Br)N=c3cccc(C4(C)CCCCC4)c3=N2)cc1C1(Br)N=c2cccc(C3(C)CCCCC3)c2=N1. The van der Waals surface area contributed by atoms with E-state index in [1.165, 1.54) is 80.9 Å². The number of hydrogen-bond acceptors (Lipinski definition) is 4. The Morgan fingerprint density at radius 3 is 1.55 bits per heavy atom. The molecule has 0 N–H and O–H groups in total. The van der Waals surface area contributed by atoms with Crippen molar-refractivity contribution in [2.45, 2.75) is 124 Å². The minimum absolute atomic E-state index is 0.109. The molecule has 0 bridgehead atoms. The summed E-state index contributed by atoms with van der Waals surface area (Å²) in [4.78, 5) is 21.3. The molecule has 2 saturated carbocycles. The zero-order valence-electron chi connectivity index (χ0n) is 26.8. The van der Waals surface area contributed by atoms with Gasteiger partial charge in [-0.2, -0.15) is 0 Å². The number of nitrogens with zero attached hydrogens (tertiary/aromatic N) is 4. The standard InChI is InChI=1S/C38H44Br2N4/c1-34(2,3)26-19-18-25(37(39)41-30-16-12-14-27(32(30)43-37)35(4)20-8-6-9-21-35)24-29(26)38(40)42-31-17-13-15-28(33(31)44-38)36(5)22-10-7-11-23-36/h12-19,24H,6-11,20-23H2,1-5H3. The first-order valence-corrected chi connectivity index (χ1v) is 18.1. The van der Waals surface area contributed by atoms with E-state index >= 15 is 0 Å². The molecule has 0 aromatic heterocycles. The second-order valence-corrected chi connectivity index (χ2v) is 17.4. The van der Waals surface area contributed by atoms with E-state index in [0.717, 1.165) is 32.6 Å². The smallest absolute Gasteiger partial charge is 0.233 e. The molecule has 2 heterocycles. The summed E-state index contributed by atoms with van der Waals surface area (Å²) in [6.45, 7) is 11.6. The Hall–Kier alpha value is -2.18. The molecule has 0 spiro atoms. The number of halogens is 2. The average Bonchev–Trinajstić information content (AvgIpc) is 3.54. The summed E-state index contributed by atoms with van der Waals surface area (Å²) in [7, 11) is 0. The van der Waals surface area contributed by atoms with Crippen molar-refractivity contribution >= 4 is 31.9 Å². The summed E-state index contributed by atoms with van der Waals surface area (Å²) in [5, 5.41) is 4.02. The van der Waals surface area contributed by atoms with Crippen LogP contribution in [-0.2, 0) is 25.4 Å². The highest BCUT2D eigenvalue weighted by molar-refractivity contribution is 9.09. The number of rotatable bonds is 4. The van der Waals surface area contributed by atoms with Gasteiger partial charge >= 0.3 is 0 Å². The van der Waals surface area contributed by atoms with Gasteiger partial charge in [-0.3, -0.25) is 0 Å². The maximum atomic E-state index is 5.44. The van der Waals surface area contributed by atoms with Crippen LogP contribution < -0.4 is 21.4 Å². The molecule has 0 radical (unpaired) electrons. The molecule has 2 atom stereocenters. The molecule has 4 aliphatic rings. The fraction of sp³-hybridized carbons (Fsp3) is 0.526. The Kier molecular flexibility index (Phi) is 7.40. The van der Waals surface area contributed by atoms with Crippen LogP contribution in [0.3, 0.4) is 0 Å². The minimum atomic E-state index is -0.912. The fourth-order valence-electron chi connectivity index (χ4n) is 8.23. The van der Waals surface area contributed by atoms with E-state index < -0.39 is 9.14 Å². The molecule has 44 heavy (non-hydrogen) atoms. The zero-order valence-corrected chi connectivity index (χ0v) is 30.0. The number of alkyl halides is 2. The third kappa shape index (κ3) is 5.07. The summed E-state index contributed by atoms with van der Waals surface area (Å²) in [5.74, 6) is 0. The maximum Gasteiger partial charge on any atom is 0.233 e. The van der Waals surface area contributed by atoms with E-state index in [4.69, 9.17) is 20.0 Å². The van der Waals surface area contributed by atoms with Gasteiger partial charge in [-0.05, 0) is 109 Å². The number of para-hydroxylation sites is 2. The highest BCUT2D eigenvalue weighted by Crippen LogP contribution is 2.46. The van der Waals surface area contributed by atoms with Crippen LogP contribution in [-0.4, -0.2) is 0 Å². The summed E-state index contributed by atoms with van der Waals surface area (Å²) >= 11 is 8.14. The Labute approximate surface area is 278 Å². The van der Waals surface area contributed by atoms with Crippen LogP contribution >= 0.6 is 31.9 Å². The van der Waals surface area contributed by atoms with Crippen LogP contribution in [0, 0.1) is 0 Å². The number of fused-ring (bicyclic) bond motifs is 2. The van der Waals surface area contributed by atoms with Gasteiger partial charge in [0, 0.05) is 11.1 Å². The third-order valence-electron chi connectivity index (χ3n) is 10.8. The minimum Gasteiger partial charge on any atom is -0.238 e. The topological polar surface area (TPSA) is 49.4 Å². The average molecular weight is 717 g/mol. The van der Waals surface area contributed by atoms with Crippen LogP contribution in [0.15, 0.2) is 74.6 Å². The third-order valence-corrected chi connectivity index (χ3v) is 12.4. The quantitative estimate of drug-likeness (QED) is 0.193. The lowest BCUT2D eigenvalue weighted by atomic mass is 9.71. The molecule has 2 aliphatic carbocycles. The molecular formula is C38H44Br2N4. The Morgan fingerprint density at radius 2 is 1.05 bits per heavy atom. The molecule has 0 saturated heterocycles. The molecule has 3 aromatic carbocycles. The predicted octanol–water partition coefficient (Wildman–Crippen LogP) is 8.34. The molecule has 3 aromatic rings. The molecule has 2 unspecified atom stereocenters. The normalized spacial score (nSPS) is 26.9. The second-order valence-electron chi connectivity index (χ2n) is 15.2. The summed E-state index contributed by atoms with van der Waals surface area (Å²) in [6, 6.07) is 19.8. The van der Waals surface area contributed by atoms with Crippen molar-refractivity contribution in [1.29, 1.82) is 0 Å². The first kappa shape index (κ1) is 30.5. The molecular weight excluding hydrogens is 672 g/mol. The van der Waals surface area contributed by atoms with Crippen molar-refractivity contribution in [3.8, 4) is 0 Å². The fourth-order valence-corrected chi connectivity index (χ4v) is 9.54. The molecule has 0 amide bonds. The predicted molar refractivity (Wildman–Crippen MR) is 185 cm³/mol. The van der Waals surface area contributed by atoms with Gasteiger partial charge in [0.2, 0.25) is 9.14 Å². The van der Waals surface area contributed by atoms with E-state index in [1.807, 2.05) is 0 Å². The Bertz CT molecular complexity index is 1880. The van der Waals surface area contributed by atoms with Gasteiger partial charge in [0.1, 0.15) is 0 Å². The zero-order chi connectivity index (χ0) is 31.0. The van der Waals surface area contributed by atoms with Crippen LogP contribution in [0.4, 0.5) is 0 Å². The first-order chi connectivity index (χ1) is 20.8. The highest BCUT2D eigenvalue weighted by Gasteiger charge is 2.41. The first-order valence-electron chi connectivity index (χ1n) is 16.6. The molecule has 2 fully saturated rings. The van der Waals surface area contributed by atoms with Crippen LogP contribution in [0.5, 0.6) is 0 Å². The van der Waals surface area contributed by atoms with Gasteiger partial charge in [-0.15, -0.1) is 0 Å². The lowest BCUT2D eigenvalue weighted by Crippen LogP contribution is -2.36. The monoisotopic (exact) mass is 714 g/mol. The van der Waals surface area contributed by atoms with Gasteiger partial charge < -0.3 is 0 Å². The molecule has 230 valence electrons. The van der Waals surface area contributed by atoms with Crippen LogP contribution in [0.25, 0.3) is 0 Å². The summed E-state index contributed by atoms with van der Waals surface area (Å²) in [6.07, 6.45) is 12.6. The van der Waals surface area contributed by atoms with E-state index in [0.29, 0.717) is 0 Å². The Morgan fingerprint density at radius 1 is 0.568 bits per heavy atom. The van der Waals surface area contributed by atoms with E-state index in [1.54, 1.807) is 0 Å². The van der Waals surface area contributed by atoms with Gasteiger partial charge in [-0.25, -0.2) is 20.0 Å². The van der Waals surface area contributed by atoms with Gasteiger partial charge in [-0.1, -0.05) is 110 Å². The Balaban J connectivity index is 1.37. The van der Waals surface area contributed by atoms with Crippen molar-refractivity contribution in [3.05, 3.63) is 104 Å². The second kappa shape index (κ2) is 10.7. The van der Waals surface area contributed by atoms with Crippen LogP contribution in [0.2, 0.25) is 0 Å². The number of hydrogen-bond donors (Lipinski definition) is 0. The van der Waals surface area contributed by atoms with Crippen LogP contribution in [0.1, 0.15) is 127 Å². The maximum absolute atomic E-state index is 5.44. The van der Waals surface area contributed by atoms with Gasteiger partial charge in [0.15, 0.2) is 0 Å². The highest BCUT2D eigenvalue weighted by atomic mass is 79.9. The number of benzene rings is 3. The van der Waals surface area contributed by atoms with Gasteiger partial charge in [0.25, 0.3) is 0 Å². The van der Waals surface area contributed by atoms with Crippen molar-refractivity contribution in [3.63, 3.8) is 0 Å². The van der Waals surface area contributed by atoms with E-state index in [-0.39, 0.29) is 16.2 Å². The van der Waals surface area contributed by atoms with Crippen molar-refractivity contribution in [2.75, 3.05) is 0 Å². The van der Waals surface area contributed by atoms with Crippen molar-refractivity contribution in [1.82, 2.24) is 0 Å². The largest absolute Gasteiger partial charge is 0.238 e. The van der Waals surface area contributed by atoms with Crippen molar-refractivity contribution < 1.29 is 0 Å². The van der Waals surface area contributed by atoms with Crippen molar-refractivity contribution in [2.24, 2.45) is 20.0 Å². The van der Waals surface area contributed by atoms with E-state index in [2.05, 4.69) is 121 Å². The molecule has 6 heteroatoms. The summed E-state index contributed by atoms with van der Waals surface area (Å²) in [5.41, 5.74) is 6.10. The summed E-state index contributed by atoms with van der Waals surface area (Å²) < 4.78 is -1.80.